The molecule has 3 N–H and O–H groups in total. The summed E-state index contributed by atoms with van der Waals surface area (Å²) < 4.78 is 25.2. The van der Waals surface area contributed by atoms with Crippen molar-refractivity contribution >= 4 is 21.6 Å². The topological polar surface area (TPSA) is 92.5 Å². The molecule has 2 rings (SSSR count). The van der Waals surface area contributed by atoms with Crippen LogP contribution in [0.4, 0.5) is 5.69 Å². The van der Waals surface area contributed by atoms with Crippen LogP contribution < -0.4 is 11.1 Å². The van der Waals surface area contributed by atoms with Gasteiger partial charge in [-0.2, -0.15) is 0 Å². The monoisotopic (exact) mass is 311 g/mol. The maximum absolute atomic E-state index is 12.0. The van der Waals surface area contributed by atoms with E-state index in [2.05, 4.69) is 5.32 Å². The quantitative estimate of drug-likeness (QED) is 0.853. The normalized spacial score (nSPS) is 17.3. The molecule has 1 aromatic rings. The summed E-state index contributed by atoms with van der Waals surface area (Å²) >= 11 is 0. The van der Waals surface area contributed by atoms with Crippen molar-refractivity contribution in [1.29, 1.82) is 0 Å². The van der Waals surface area contributed by atoms with Crippen molar-refractivity contribution in [1.82, 2.24) is 4.31 Å². The van der Waals surface area contributed by atoms with Crippen molar-refractivity contribution in [2.45, 2.75) is 36.1 Å². The second kappa shape index (κ2) is 5.75. The van der Waals surface area contributed by atoms with E-state index in [1.54, 1.807) is 12.1 Å². The Kier molecular flexibility index (Phi) is 4.36. The maximum atomic E-state index is 12.0. The lowest BCUT2D eigenvalue weighted by atomic mass is 9.75. The highest BCUT2D eigenvalue weighted by atomic mass is 32.2. The summed E-state index contributed by atoms with van der Waals surface area (Å²) in [5.74, 6) is -0.184. The minimum atomic E-state index is -3.51. The van der Waals surface area contributed by atoms with Crippen molar-refractivity contribution in [2.24, 2.45) is 5.73 Å². The van der Waals surface area contributed by atoms with Crippen LogP contribution in [0.2, 0.25) is 0 Å². The summed E-state index contributed by atoms with van der Waals surface area (Å²) in [6.45, 7) is 0. The Bertz CT molecular complexity index is 637. The molecule has 1 saturated carbocycles. The van der Waals surface area contributed by atoms with Gasteiger partial charge in [-0.15, -0.1) is 0 Å². The first kappa shape index (κ1) is 15.9. The van der Waals surface area contributed by atoms with E-state index in [1.807, 2.05) is 0 Å². The van der Waals surface area contributed by atoms with Gasteiger partial charge in [-0.05, 0) is 37.5 Å². The molecule has 1 fully saturated rings. The van der Waals surface area contributed by atoms with Crippen LogP contribution in [0.1, 0.15) is 25.7 Å². The largest absolute Gasteiger partial charge is 0.326 e. The van der Waals surface area contributed by atoms with Crippen LogP contribution >= 0.6 is 0 Å². The van der Waals surface area contributed by atoms with Gasteiger partial charge in [-0.3, -0.25) is 4.79 Å². The van der Waals surface area contributed by atoms with Crippen molar-refractivity contribution in [2.75, 3.05) is 19.4 Å². The van der Waals surface area contributed by atoms with Gasteiger partial charge in [0.25, 0.3) is 0 Å². The van der Waals surface area contributed by atoms with Crippen LogP contribution in [-0.2, 0) is 14.8 Å². The number of anilines is 1. The molecule has 0 unspecified atom stereocenters. The highest BCUT2D eigenvalue weighted by Crippen LogP contribution is 2.32. The molecule has 116 valence electrons. The molecule has 0 aromatic heterocycles. The molecule has 0 saturated heterocycles. The zero-order valence-electron chi connectivity index (χ0n) is 12.3. The lowest BCUT2D eigenvalue weighted by Crippen LogP contribution is -2.48. The summed E-state index contributed by atoms with van der Waals surface area (Å²) in [7, 11) is -0.571. The van der Waals surface area contributed by atoms with E-state index < -0.39 is 15.6 Å². The van der Waals surface area contributed by atoms with E-state index in [-0.39, 0.29) is 17.2 Å². The van der Waals surface area contributed by atoms with E-state index >= 15 is 0 Å². The van der Waals surface area contributed by atoms with Gasteiger partial charge in [-0.25, -0.2) is 12.7 Å². The first-order valence-corrected chi connectivity index (χ1v) is 8.28. The van der Waals surface area contributed by atoms with Crippen molar-refractivity contribution in [3.8, 4) is 0 Å². The van der Waals surface area contributed by atoms with Gasteiger partial charge in [-0.1, -0.05) is 6.07 Å². The summed E-state index contributed by atoms with van der Waals surface area (Å²) in [5, 5.41) is 2.72. The number of rotatable bonds is 5. The van der Waals surface area contributed by atoms with Crippen LogP contribution in [0, 0.1) is 0 Å². The standard InChI is InChI=1S/C14H21N3O3S/c1-17(2)21(19,20)12-6-3-5-11(9-12)16-13(18)10-14(15)7-4-8-14/h3,5-6,9H,4,7-8,10,15H2,1-2H3,(H,16,18). The zero-order chi connectivity index (χ0) is 15.7. The molecule has 0 atom stereocenters. The summed E-state index contributed by atoms with van der Waals surface area (Å²) in [6, 6.07) is 6.22. The molecule has 1 aliphatic carbocycles. The molecule has 0 bridgehead atoms. The van der Waals surface area contributed by atoms with Crippen LogP contribution in [0.25, 0.3) is 0 Å². The fourth-order valence-corrected chi connectivity index (χ4v) is 3.23. The summed E-state index contributed by atoms with van der Waals surface area (Å²) in [6.07, 6.45) is 3.03. The van der Waals surface area contributed by atoms with Crippen LogP contribution in [-0.4, -0.2) is 38.3 Å². The third kappa shape index (κ3) is 3.61. The molecular weight excluding hydrogens is 290 g/mol. The Morgan fingerprint density at radius 3 is 2.57 bits per heavy atom. The fourth-order valence-electron chi connectivity index (χ4n) is 2.28. The number of sulfonamides is 1. The molecule has 1 aliphatic rings. The van der Waals surface area contributed by atoms with E-state index in [4.69, 9.17) is 5.73 Å². The molecular formula is C14H21N3O3S. The predicted octanol–water partition coefficient (Wildman–Crippen LogP) is 1.15. The number of carbonyl (C=O) groups is 1. The Labute approximate surface area is 125 Å². The molecule has 0 spiro atoms. The average molecular weight is 311 g/mol. The Hall–Kier alpha value is -1.44. The van der Waals surface area contributed by atoms with E-state index in [0.717, 1.165) is 23.6 Å². The van der Waals surface area contributed by atoms with Crippen molar-refractivity contribution in [3.63, 3.8) is 0 Å². The lowest BCUT2D eigenvalue weighted by molar-refractivity contribution is -0.118. The van der Waals surface area contributed by atoms with Gasteiger partial charge < -0.3 is 11.1 Å². The molecule has 0 aliphatic heterocycles. The Morgan fingerprint density at radius 2 is 2.05 bits per heavy atom. The second-order valence-corrected chi connectivity index (χ2v) is 7.91. The van der Waals surface area contributed by atoms with E-state index in [0.29, 0.717) is 5.69 Å². The Balaban J connectivity index is 2.09. The molecule has 1 aromatic carbocycles. The van der Waals surface area contributed by atoms with Crippen molar-refractivity contribution < 1.29 is 13.2 Å². The predicted molar refractivity (Wildman–Crippen MR) is 81.3 cm³/mol. The summed E-state index contributed by atoms with van der Waals surface area (Å²) in [4.78, 5) is 12.1. The second-order valence-electron chi connectivity index (χ2n) is 5.76. The third-order valence-corrected chi connectivity index (χ3v) is 5.57. The van der Waals surface area contributed by atoms with Gasteiger partial charge in [0, 0.05) is 31.7 Å². The third-order valence-electron chi connectivity index (χ3n) is 3.76. The minimum absolute atomic E-state index is 0.149. The van der Waals surface area contributed by atoms with Gasteiger partial charge in [0.15, 0.2) is 0 Å². The van der Waals surface area contributed by atoms with Crippen molar-refractivity contribution in [3.05, 3.63) is 24.3 Å². The summed E-state index contributed by atoms with van der Waals surface area (Å²) in [5.41, 5.74) is 6.11. The van der Waals surface area contributed by atoms with Crippen LogP contribution in [0.5, 0.6) is 0 Å². The molecule has 21 heavy (non-hydrogen) atoms. The number of hydrogen-bond donors (Lipinski definition) is 2. The Morgan fingerprint density at radius 1 is 1.38 bits per heavy atom. The molecule has 7 heteroatoms. The van der Waals surface area contributed by atoms with Crippen LogP contribution in [0.15, 0.2) is 29.2 Å². The smallest absolute Gasteiger partial charge is 0.242 e. The number of benzene rings is 1. The minimum Gasteiger partial charge on any atom is -0.326 e. The highest BCUT2D eigenvalue weighted by molar-refractivity contribution is 7.89. The van der Waals surface area contributed by atoms with Crippen LogP contribution in [0.3, 0.4) is 0 Å². The molecule has 0 heterocycles. The number of carbonyl (C=O) groups excluding carboxylic acids is 1. The van der Waals surface area contributed by atoms with Gasteiger partial charge in [0.1, 0.15) is 0 Å². The number of nitrogens with zero attached hydrogens (tertiary/aromatic N) is 1. The SMILES string of the molecule is CN(C)S(=O)(=O)c1cccc(NC(=O)CC2(N)CCC2)c1. The number of amides is 1. The van der Waals surface area contributed by atoms with Gasteiger partial charge in [0.05, 0.1) is 4.90 Å². The first-order chi connectivity index (χ1) is 9.73. The number of nitrogens with one attached hydrogen (secondary N) is 1. The van der Waals surface area contributed by atoms with Gasteiger partial charge in [0.2, 0.25) is 15.9 Å². The van der Waals surface area contributed by atoms with E-state index in [1.165, 1.54) is 26.2 Å². The fraction of sp³-hybridized carbons (Fsp3) is 0.500. The maximum Gasteiger partial charge on any atom is 0.242 e. The number of nitrogens with two attached hydrogens (primary N) is 1. The first-order valence-electron chi connectivity index (χ1n) is 6.84. The highest BCUT2D eigenvalue weighted by Gasteiger charge is 2.34. The molecule has 0 radical (unpaired) electrons. The molecule has 6 nitrogen and oxygen atoms in total. The number of hydrogen-bond acceptors (Lipinski definition) is 4. The average Bonchev–Trinajstić information content (AvgIpc) is 2.36. The van der Waals surface area contributed by atoms with E-state index in [9.17, 15) is 13.2 Å². The van der Waals surface area contributed by atoms with Gasteiger partial charge >= 0.3 is 0 Å². The zero-order valence-corrected chi connectivity index (χ0v) is 13.1. The lowest BCUT2D eigenvalue weighted by Gasteiger charge is -2.37. The molecule has 1 amide bonds.